The van der Waals surface area contributed by atoms with Gasteiger partial charge in [-0.05, 0) is 104 Å². The summed E-state index contributed by atoms with van der Waals surface area (Å²) in [5, 5.41) is 2.77. The first kappa shape index (κ1) is 50.4. The number of ether oxygens (including phenoxy) is 1. The van der Waals surface area contributed by atoms with E-state index < -0.39 is 12.1 Å². The van der Waals surface area contributed by atoms with Gasteiger partial charge in [0.25, 0.3) is 0 Å². The van der Waals surface area contributed by atoms with Gasteiger partial charge in [0.15, 0.2) is 0 Å². The fourth-order valence-electron chi connectivity index (χ4n) is 9.17. The lowest BCUT2D eigenvalue weighted by molar-refractivity contribution is -0.137. The summed E-state index contributed by atoms with van der Waals surface area (Å²) in [7, 11) is 1.31. The van der Waals surface area contributed by atoms with Crippen LogP contribution in [0.2, 0.25) is 0 Å². The summed E-state index contributed by atoms with van der Waals surface area (Å²) in [4.78, 5) is 65.6. The van der Waals surface area contributed by atoms with E-state index in [2.05, 4.69) is 50.9 Å². The van der Waals surface area contributed by atoms with E-state index in [0.717, 1.165) is 88.6 Å². The van der Waals surface area contributed by atoms with E-state index >= 15 is 0 Å². The number of rotatable bonds is 9. The second kappa shape index (κ2) is 19.9. The molecule has 3 N–H and O–H groups in total. The van der Waals surface area contributed by atoms with Crippen molar-refractivity contribution in [3.8, 4) is 34.4 Å². The smallest absolute Gasteiger partial charge is 0.407 e. The third-order valence-electron chi connectivity index (χ3n) is 13.6. The SMILES string of the molecule is COC(=O)N[C@H](C(=O)N1CC2(CC2)C[C@H]1c1nc(-c2ccc(C#Cc3ccc4nc([C@@H]5CC6(CC6)CN5C(=O)[C@@H](C)C(C)C)[nH]c4c3)cc2)c(-c2ccncc2)[nH]1)C(C)C.S.S.S.S. The maximum atomic E-state index is 14.2. The molecule has 2 saturated carbocycles. The largest absolute Gasteiger partial charge is 0.453 e. The Labute approximate surface area is 404 Å². The molecule has 16 heteroatoms. The van der Waals surface area contributed by atoms with Crippen LogP contribution in [0.5, 0.6) is 0 Å². The molecule has 4 fully saturated rings. The van der Waals surface area contributed by atoms with Gasteiger partial charge in [-0.15, -0.1) is 0 Å². The molecule has 342 valence electrons. The van der Waals surface area contributed by atoms with Crippen molar-refractivity contribution in [3.63, 3.8) is 0 Å². The summed E-state index contributed by atoms with van der Waals surface area (Å²) in [5.74, 6) is 8.50. The number of aromatic nitrogens is 5. The van der Waals surface area contributed by atoms with Gasteiger partial charge in [0.05, 0.1) is 41.6 Å². The van der Waals surface area contributed by atoms with Crippen LogP contribution in [0.15, 0.2) is 67.0 Å². The zero-order valence-corrected chi connectivity index (χ0v) is 41.3. The van der Waals surface area contributed by atoms with Gasteiger partial charge in [-0.1, -0.05) is 58.6 Å². The first-order chi connectivity index (χ1) is 28.8. The molecule has 9 rings (SSSR count). The lowest BCUT2D eigenvalue weighted by Crippen LogP contribution is -2.51. The van der Waals surface area contributed by atoms with Crippen LogP contribution in [0.1, 0.15) is 108 Å². The molecule has 4 atom stereocenters. The predicted octanol–water partition coefficient (Wildman–Crippen LogP) is 8.65. The van der Waals surface area contributed by atoms with Crippen molar-refractivity contribution in [1.82, 2.24) is 40.0 Å². The molecule has 2 aliphatic carbocycles. The van der Waals surface area contributed by atoms with Crippen molar-refractivity contribution < 1.29 is 19.1 Å². The number of amides is 3. The van der Waals surface area contributed by atoms with E-state index in [1.807, 2.05) is 80.3 Å². The topological polar surface area (TPSA) is 149 Å². The first-order valence-electron chi connectivity index (χ1n) is 21.4. The molecule has 5 heterocycles. The number of H-pyrrole nitrogens is 2. The normalized spacial score (nSPS) is 19.4. The zero-order valence-electron chi connectivity index (χ0n) is 37.3. The van der Waals surface area contributed by atoms with E-state index in [0.29, 0.717) is 6.54 Å². The summed E-state index contributed by atoms with van der Waals surface area (Å²) >= 11 is 0. The van der Waals surface area contributed by atoms with Crippen molar-refractivity contribution in [1.29, 1.82) is 0 Å². The number of aromatic amines is 2. The number of fused-ring (bicyclic) bond motifs is 1. The Balaban J connectivity index is 0.00000193. The van der Waals surface area contributed by atoms with Crippen LogP contribution in [0, 0.1) is 40.4 Å². The third kappa shape index (κ3) is 9.97. The maximum Gasteiger partial charge on any atom is 0.407 e. The Morgan fingerprint density at radius 3 is 1.84 bits per heavy atom. The Hall–Kier alpha value is -4.56. The van der Waals surface area contributed by atoms with Crippen LogP contribution in [0.4, 0.5) is 4.79 Å². The van der Waals surface area contributed by atoms with E-state index in [1.54, 1.807) is 12.4 Å². The minimum absolute atomic E-state index is 0. The van der Waals surface area contributed by atoms with Crippen molar-refractivity contribution in [3.05, 3.63) is 89.8 Å². The van der Waals surface area contributed by atoms with Gasteiger partial charge in [-0.25, -0.2) is 14.8 Å². The van der Waals surface area contributed by atoms with Gasteiger partial charge in [0, 0.05) is 53.7 Å². The number of nitrogens with one attached hydrogen (secondary N) is 3. The van der Waals surface area contributed by atoms with Gasteiger partial charge in [0.2, 0.25) is 11.8 Å². The molecular weight excluding hydrogens is 881 g/mol. The summed E-state index contributed by atoms with van der Waals surface area (Å²) in [6.07, 6.45) is 9.16. The van der Waals surface area contributed by atoms with Gasteiger partial charge >= 0.3 is 6.09 Å². The average Bonchev–Trinajstić information content (AvgIpc) is 3.90. The second-order valence-electron chi connectivity index (χ2n) is 18.5. The lowest BCUT2D eigenvalue weighted by Gasteiger charge is -2.30. The van der Waals surface area contributed by atoms with Crippen LogP contribution < -0.4 is 5.32 Å². The van der Waals surface area contributed by atoms with E-state index in [4.69, 9.17) is 14.7 Å². The molecule has 2 spiro atoms. The molecule has 4 aliphatic rings. The first-order valence-corrected chi connectivity index (χ1v) is 21.4. The van der Waals surface area contributed by atoms with Crippen molar-refractivity contribution in [2.75, 3.05) is 20.2 Å². The maximum absolute atomic E-state index is 14.2. The van der Waals surface area contributed by atoms with Crippen LogP contribution in [-0.4, -0.2) is 78.9 Å². The third-order valence-corrected chi connectivity index (χ3v) is 13.6. The number of alkyl carbamates (subject to hydrolysis) is 1. The minimum atomic E-state index is -0.719. The molecular formula is C48H62N8O4S4. The highest BCUT2D eigenvalue weighted by Crippen LogP contribution is 2.59. The number of benzene rings is 2. The fraction of sp³-hybridized carbons (Fsp3) is 0.458. The summed E-state index contributed by atoms with van der Waals surface area (Å²) in [6, 6.07) is 17.0. The van der Waals surface area contributed by atoms with E-state index in [9.17, 15) is 14.4 Å². The average molecular weight is 943 g/mol. The van der Waals surface area contributed by atoms with Gasteiger partial charge in [-0.2, -0.15) is 54.0 Å². The molecule has 2 saturated heterocycles. The van der Waals surface area contributed by atoms with Crippen molar-refractivity contribution >= 4 is 82.9 Å². The molecule has 2 aliphatic heterocycles. The standard InChI is InChI=1S/C48H54N8O4.4H2S/c1-28(2)30(5)44(57)55-26-47(17-18-47)24-37(55)42-50-35-14-11-32(23-36(35)51-42)8-7-31-9-12-33(13-10-31)40-41(34-15-21-49-22-16-34)53-43(52-40)38-25-48(19-20-48)27-56(38)45(58)39(29(3)4)54-46(59)60-6;;;;/h9-16,21-23,28-30,37-39H,17-20,24-27H2,1-6H3,(H,50,51)(H,52,53)(H,54,59);4*1H2/t30-,37-,38-,39-;;;;/m0..../s1. The Morgan fingerprint density at radius 1 is 0.719 bits per heavy atom. The highest BCUT2D eigenvalue weighted by molar-refractivity contribution is 7.59. The molecule has 64 heavy (non-hydrogen) atoms. The Morgan fingerprint density at radius 2 is 1.28 bits per heavy atom. The predicted molar refractivity (Wildman–Crippen MR) is 270 cm³/mol. The number of nitrogens with zero attached hydrogens (tertiary/aromatic N) is 5. The number of methoxy groups -OCH3 is 1. The molecule has 12 nitrogen and oxygen atoms in total. The van der Waals surface area contributed by atoms with Crippen molar-refractivity contribution in [2.45, 2.75) is 91.3 Å². The van der Waals surface area contributed by atoms with Crippen LogP contribution in [-0.2, 0) is 14.3 Å². The Kier molecular flexibility index (Phi) is 15.7. The number of hydrogen-bond acceptors (Lipinski definition) is 7. The molecule has 3 amide bonds. The summed E-state index contributed by atoms with van der Waals surface area (Å²) in [6.45, 7) is 11.6. The van der Waals surface area contributed by atoms with Gasteiger partial charge in [0.1, 0.15) is 17.7 Å². The zero-order chi connectivity index (χ0) is 41.9. The van der Waals surface area contributed by atoms with Crippen LogP contribution >= 0.6 is 54.0 Å². The molecule has 5 aromatic rings. The number of carbonyl (C=O) groups excluding carboxylic acids is 3. The van der Waals surface area contributed by atoms with Crippen molar-refractivity contribution in [2.24, 2.45) is 28.6 Å². The van der Waals surface area contributed by atoms with E-state index in [-0.39, 0.29) is 106 Å². The minimum Gasteiger partial charge on any atom is -0.453 e. The Bertz CT molecular complexity index is 2520. The van der Waals surface area contributed by atoms with E-state index in [1.165, 1.54) is 20.0 Å². The monoisotopic (exact) mass is 942 g/mol. The number of pyridine rings is 1. The number of imidazole rings is 2. The van der Waals surface area contributed by atoms with Gasteiger partial charge in [-0.3, -0.25) is 14.6 Å². The lowest BCUT2D eigenvalue weighted by atomic mass is 9.96. The van der Waals surface area contributed by atoms with Crippen LogP contribution in [0.3, 0.4) is 0 Å². The number of hydrogen-bond donors (Lipinski definition) is 3. The van der Waals surface area contributed by atoms with Crippen LogP contribution in [0.25, 0.3) is 33.5 Å². The molecule has 2 aromatic carbocycles. The number of likely N-dealkylation sites (tertiary alicyclic amines) is 2. The van der Waals surface area contributed by atoms with Gasteiger partial charge < -0.3 is 29.8 Å². The molecule has 0 unspecified atom stereocenters. The number of carbonyl (C=O) groups is 3. The summed E-state index contributed by atoms with van der Waals surface area (Å²) in [5.41, 5.74) is 7.34. The summed E-state index contributed by atoms with van der Waals surface area (Å²) < 4.78 is 4.86. The second-order valence-corrected chi connectivity index (χ2v) is 18.5. The molecule has 0 radical (unpaired) electrons. The highest BCUT2D eigenvalue weighted by atomic mass is 32.1. The fourth-order valence-corrected chi connectivity index (χ4v) is 9.17. The quantitative estimate of drug-likeness (QED) is 0.125. The highest BCUT2D eigenvalue weighted by Gasteiger charge is 2.56. The molecule has 3 aromatic heterocycles. The molecule has 0 bridgehead atoms.